The van der Waals surface area contributed by atoms with Crippen molar-refractivity contribution < 1.29 is 18.7 Å². The number of halogens is 1. The number of hydrogen-bond donors (Lipinski definition) is 1. The van der Waals surface area contributed by atoms with Crippen LogP contribution in [0.1, 0.15) is 0 Å². The first-order valence-corrected chi connectivity index (χ1v) is 8.91. The minimum absolute atomic E-state index is 0.238. The Bertz CT molecular complexity index is 682. The molecule has 0 saturated carbocycles. The lowest BCUT2D eigenvalue weighted by molar-refractivity contribution is 0.142. The quantitative estimate of drug-likeness (QED) is 0.791. The topological polar surface area (TPSA) is 57.3 Å². The van der Waals surface area contributed by atoms with Gasteiger partial charge in [0.2, 0.25) is 0 Å². The number of amides is 1. The molecule has 0 aromatic heterocycles. The minimum Gasteiger partial charge on any atom is -0.474 e. The summed E-state index contributed by atoms with van der Waals surface area (Å²) >= 11 is 4.90. The van der Waals surface area contributed by atoms with Crippen molar-refractivity contribution in [2.75, 3.05) is 63.2 Å². The van der Waals surface area contributed by atoms with Crippen molar-refractivity contribution in [2.45, 2.75) is 6.10 Å². The van der Waals surface area contributed by atoms with Crippen LogP contribution in [0.15, 0.2) is 18.2 Å². The fourth-order valence-electron chi connectivity index (χ4n) is 3.08. The molecule has 1 aromatic carbocycles. The predicted octanol–water partition coefficient (Wildman–Crippen LogP) is 1.42. The van der Waals surface area contributed by atoms with E-state index in [2.05, 4.69) is 17.3 Å². The summed E-state index contributed by atoms with van der Waals surface area (Å²) in [5, 5.41) is 3.09. The number of anilines is 2. The Hall–Kier alpha value is -2.13. The number of nitrogens with one attached hydrogen (secondary N) is 1. The molecule has 3 rings (SSSR count). The molecule has 142 valence electrons. The van der Waals surface area contributed by atoms with Gasteiger partial charge in [0.1, 0.15) is 11.9 Å². The maximum absolute atomic E-state index is 14.6. The lowest BCUT2D eigenvalue weighted by Crippen LogP contribution is -2.44. The monoisotopic (exact) mass is 382 g/mol. The van der Waals surface area contributed by atoms with Crippen molar-refractivity contribution in [3.8, 4) is 0 Å². The third-order valence-corrected chi connectivity index (χ3v) is 4.93. The fraction of sp³-hybridized carbons (Fsp3) is 0.529. The third kappa shape index (κ3) is 4.16. The normalized spacial score (nSPS) is 20.9. The lowest BCUT2D eigenvalue weighted by atomic mass is 10.2. The van der Waals surface area contributed by atoms with Crippen molar-refractivity contribution in [2.24, 2.45) is 0 Å². The number of benzene rings is 1. The van der Waals surface area contributed by atoms with Crippen molar-refractivity contribution in [1.29, 1.82) is 0 Å². The van der Waals surface area contributed by atoms with E-state index in [1.807, 2.05) is 4.90 Å². The first-order valence-electron chi connectivity index (χ1n) is 8.51. The molecule has 0 radical (unpaired) electrons. The van der Waals surface area contributed by atoms with Crippen LogP contribution >= 0.6 is 12.2 Å². The molecule has 0 bridgehead atoms. The van der Waals surface area contributed by atoms with Crippen molar-refractivity contribution in [3.05, 3.63) is 24.0 Å². The molecule has 2 heterocycles. The van der Waals surface area contributed by atoms with E-state index in [9.17, 15) is 9.18 Å². The van der Waals surface area contributed by atoms with Gasteiger partial charge in [0, 0.05) is 26.2 Å². The number of rotatable bonds is 4. The van der Waals surface area contributed by atoms with Gasteiger partial charge in [-0.3, -0.25) is 4.90 Å². The van der Waals surface area contributed by atoms with E-state index in [0.29, 0.717) is 24.5 Å². The van der Waals surface area contributed by atoms with Crippen LogP contribution in [-0.4, -0.2) is 75.7 Å². The highest BCUT2D eigenvalue weighted by molar-refractivity contribution is 7.80. The maximum Gasteiger partial charge on any atom is 0.414 e. The molecule has 1 N–H and O–H groups in total. The molecule has 7 nitrogen and oxygen atoms in total. The van der Waals surface area contributed by atoms with E-state index in [1.165, 1.54) is 18.1 Å². The number of hydrogen-bond acceptors (Lipinski definition) is 6. The van der Waals surface area contributed by atoms with Gasteiger partial charge in [0.15, 0.2) is 0 Å². The first-order chi connectivity index (χ1) is 12.5. The number of ether oxygens (including phenoxy) is 2. The zero-order chi connectivity index (χ0) is 18.7. The Kier molecular flexibility index (Phi) is 5.77. The second-order valence-corrected chi connectivity index (χ2v) is 6.79. The van der Waals surface area contributed by atoms with Crippen LogP contribution in [0, 0.1) is 5.82 Å². The maximum atomic E-state index is 14.6. The zero-order valence-corrected chi connectivity index (χ0v) is 15.7. The first kappa shape index (κ1) is 18.7. The number of carbonyl (C=O) groups excluding carboxylic acids is 1. The molecule has 26 heavy (non-hydrogen) atoms. The Balaban J connectivity index is 1.65. The summed E-state index contributed by atoms with van der Waals surface area (Å²) < 4.78 is 24.8. The smallest absolute Gasteiger partial charge is 0.414 e. The number of nitrogens with zero attached hydrogens (tertiary/aromatic N) is 3. The van der Waals surface area contributed by atoms with Crippen LogP contribution in [0.5, 0.6) is 0 Å². The van der Waals surface area contributed by atoms with Gasteiger partial charge in [-0.15, -0.1) is 0 Å². The van der Waals surface area contributed by atoms with Gasteiger partial charge in [-0.25, -0.2) is 9.18 Å². The Morgan fingerprint density at radius 1 is 1.38 bits per heavy atom. The van der Waals surface area contributed by atoms with Gasteiger partial charge in [0.25, 0.3) is 5.17 Å². The summed E-state index contributed by atoms with van der Waals surface area (Å²) in [6.45, 7) is 4.04. The predicted molar refractivity (Wildman–Crippen MR) is 101 cm³/mol. The van der Waals surface area contributed by atoms with Crippen LogP contribution in [0.4, 0.5) is 20.6 Å². The Morgan fingerprint density at radius 3 is 2.77 bits per heavy atom. The molecule has 0 aliphatic carbocycles. The average molecular weight is 382 g/mol. The molecule has 1 aromatic rings. The molecular formula is C17H23FN4O3S. The number of cyclic esters (lactones) is 1. The number of likely N-dealkylation sites (N-methyl/N-ethyl adjacent to an activating group) is 1. The molecule has 2 saturated heterocycles. The van der Waals surface area contributed by atoms with Gasteiger partial charge in [-0.2, -0.15) is 0 Å². The van der Waals surface area contributed by atoms with E-state index in [0.717, 1.165) is 26.2 Å². The van der Waals surface area contributed by atoms with E-state index >= 15 is 0 Å². The molecule has 1 amide bonds. The van der Waals surface area contributed by atoms with E-state index in [-0.39, 0.29) is 17.1 Å². The minimum atomic E-state index is -0.494. The highest BCUT2D eigenvalue weighted by Crippen LogP contribution is 2.28. The molecule has 2 fully saturated rings. The molecule has 2 aliphatic rings. The largest absolute Gasteiger partial charge is 0.474 e. The summed E-state index contributed by atoms with van der Waals surface area (Å²) in [4.78, 5) is 17.8. The van der Waals surface area contributed by atoms with Gasteiger partial charge in [0.05, 0.1) is 31.6 Å². The molecule has 0 spiro atoms. The van der Waals surface area contributed by atoms with Crippen LogP contribution in [0.2, 0.25) is 0 Å². The Labute approximate surface area is 157 Å². The second kappa shape index (κ2) is 8.05. The highest BCUT2D eigenvalue weighted by atomic mass is 32.1. The Morgan fingerprint density at radius 2 is 2.12 bits per heavy atom. The number of carbonyl (C=O) groups is 1. The van der Waals surface area contributed by atoms with Crippen molar-refractivity contribution >= 4 is 34.9 Å². The summed E-state index contributed by atoms with van der Waals surface area (Å²) in [7, 11) is 3.52. The third-order valence-electron chi connectivity index (χ3n) is 4.62. The number of piperazine rings is 1. The van der Waals surface area contributed by atoms with Crippen LogP contribution in [0.25, 0.3) is 0 Å². The van der Waals surface area contributed by atoms with Crippen LogP contribution < -0.4 is 15.1 Å². The molecule has 0 unspecified atom stereocenters. The van der Waals surface area contributed by atoms with E-state index in [4.69, 9.17) is 21.7 Å². The van der Waals surface area contributed by atoms with Gasteiger partial charge < -0.3 is 24.6 Å². The fourth-order valence-corrected chi connectivity index (χ4v) is 3.16. The molecule has 1 atom stereocenters. The number of methoxy groups -OCH3 is 1. The van der Waals surface area contributed by atoms with Gasteiger partial charge >= 0.3 is 6.09 Å². The molecule has 9 heteroatoms. The standard InChI is InChI=1S/C17H23FN4O3S/c1-20-5-7-21(8-6-20)15-4-3-12(9-14(15)18)22-11-13(25-17(22)23)10-19-16(26)24-2/h3-4,9,13H,5-8,10-11H2,1-2H3,(H,19,26)/t13-/m0/s1. The van der Waals surface area contributed by atoms with Crippen LogP contribution in [-0.2, 0) is 9.47 Å². The van der Waals surface area contributed by atoms with Crippen molar-refractivity contribution in [1.82, 2.24) is 10.2 Å². The van der Waals surface area contributed by atoms with Crippen LogP contribution in [0.3, 0.4) is 0 Å². The second-order valence-electron chi connectivity index (χ2n) is 6.41. The van der Waals surface area contributed by atoms with E-state index < -0.39 is 6.09 Å². The highest BCUT2D eigenvalue weighted by Gasteiger charge is 2.33. The van der Waals surface area contributed by atoms with Gasteiger partial charge in [-0.05, 0) is 37.5 Å². The molecule has 2 aliphatic heterocycles. The summed E-state index contributed by atoms with van der Waals surface area (Å²) in [5.74, 6) is -0.331. The lowest BCUT2D eigenvalue weighted by Gasteiger charge is -2.34. The van der Waals surface area contributed by atoms with Gasteiger partial charge in [-0.1, -0.05) is 0 Å². The number of thiocarbonyl (C=S) groups is 1. The van der Waals surface area contributed by atoms with E-state index in [1.54, 1.807) is 12.1 Å². The molecular weight excluding hydrogens is 359 g/mol. The average Bonchev–Trinajstić information content (AvgIpc) is 3.01. The zero-order valence-electron chi connectivity index (χ0n) is 14.9. The van der Waals surface area contributed by atoms with Crippen molar-refractivity contribution in [3.63, 3.8) is 0 Å². The summed E-state index contributed by atoms with van der Waals surface area (Å²) in [6, 6.07) is 4.88. The SMILES string of the molecule is COC(=S)NC[C@H]1CN(c2ccc(N3CCN(C)CC3)c(F)c2)C(=O)O1. The summed E-state index contributed by atoms with van der Waals surface area (Å²) in [6.07, 6.45) is -0.872. The summed E-state index contributed by atoms with van der Waals surface area (Å²) in [5.41, 5.74) is 1.06.